The van der Waals surface area contributed by atoms with Crippen molar-refractivity contribution in [3.63, 3.8) is 0 Å². The Kier molecular flexibility index (Phi) is 1.89. The Labute approximate surface area is 65.2 Å². The van der Waals surface area contributed by atoms with Gasteiger partial charge in [-0.1, -0.05) is 0 Å². The van der Waals surface area contributed by atoms with Crippen molar-refractivity contribution in [3.8, 4) is 0 Å². The number of rotatable bonds is 1. The molecule has 0 aliphatic rings. The maximum atomic E-state index is 10.8. The lowest BCUT2D eigenvalue weighted by Crippen LogP contribution is -1.99. The molecule has 0 radical (unpaired) electrons. The lowest BCUT2D eigenvalue weighted by atomic mass is 10.2. The van der Waals surface area contributed by atoms with E-state index in [4.69, 9.17) is 5.73 Å². The third-order valence-electron chi connectivity index (χ3n) is 1.51. The van der Waals surface area contributed by atoms with Gasteiger partial charge in [-0.3, -0.25) is 9.78 Å². The molecule has 0 spiro atoms. The van der Waals surface area contributed by atoms with Crippen molar-refractivity contribution in [3.05, 3.63) is 23.5 Å². The van der Waals surface area contributed by atoms with Gasteiger partial charge in [0.05, 0.1) is 11.9 Å². The standard InChI is InChI=1S/C8H10N2O/c1-5-3-8(6(2)11)10-4-7(5)9/h3-4H,9H2,1-2H3. The van der Waals surface area contributed by atoms with Crippen LogP contribution in [0.25, 0.3) is 0 Å². The van der Waals surface area contributed by atoms with Crippen LogP contribution in [0.15, 0.2) is 12.3 Å². The van der Waals surface area contributed by atoms with Crippen molar-refractivity contribution in [2.75, 3.05) is 5.73 Å². The van der Waals surface area contributed by atoms with E-state index < -0.39 is 0 Å². The highest BCUT2D eigenvalue weighted by Gasteiger charge is 2.01. The van der Waals surface area contributed by atoms with Crippen molar-refractivity contribution >= 4 is 11.5 Å². The van der Waals surface area contributed by atoms with Gasteiger partial charge in [0.1, 0.15) is 5.69 Å². The zero-order valence-corrected chi connectivity index (χ0v) is 6.59. The number of ketones is 1. The van der Waals surface area contributed by atoms with Gasteiger partial charge in [-0.2, -0.15) is 0 Å². The smallest absolute Gasteiger partial charge is 0.178 e. The first-order chi connectivity index (χ1) is 5.11. The molecule has 0 aliphatic heterocycles. The zero-order valence-electron chi connectivity index (χ0n) is 6.59. The molecular weight excluding hydrogens is 140 g/mol. The molecule has 11 heavy (non-hydrogen) atoms. The molecule has 3 nitrogen and oxygen atoms in total. The molecule has 1 heterocycles. The van der Waals surface area contributed by atoms with Crippen LogP contribution in [0, 0.1) is 6.92 Å². The van der Waals surface area contributed by atoms with Crippen molar-refractivity contribution in [2.45, 2.75) is 13.8 Å². The second-order valence-electron chi connectivity index (χ2n) is 2.48. The van der Waals surface area contributed by atoms with Gasteiger partial charge in [0, 0.05) is 6.92 Å². The number of carbonyl (C=O) groups is 1. The van der Waals surface area contributed by atoms with Crippen LogP contribution in [0.3, 0.4) is 0 Å². The number of anilines is 1. The fourth-order valence-electron chi connectivity index (χ4n) is 0.759. The molecule has 0 aromatic carbocycles. The van der Waals surface area contributed by atoms with E-state index in [1.807, 2.05) is 6.92 Å². The molecule has 1 aromatic heterocycles. The van der Waals surface area contributed by atoms with Gasteiger partial charge in [0.25, 0.3) is 0 Å². The third-order valence-corrected chi connectivity index (χ3v) is 1.51. The molecule has 0 aliphatic carbocycles. The first-order valence-electron chi connectivity index (χ1n) is 3.34. The average Bonchev–Trinajstić information content (AvgIpc) is 1.94. The van der Waals surface area contributed by atoms with Crippen LogP contribution in [-0.4, -0.2) is 10.8 Å². The molecule has 1 rings (SSSR count). The molecule has 58 valence electrons. The number of aryl methyl sites for hydroxylation is 1. The van der Waals surface area contributed by atoms with E-state index in [1.54, 1.807) is 6.07 Å². The molecule has 1 aromatic rings. The Morgan fingerprint density at radius 2 is 2.27 bits per heavy atom. The Hall–Kier alpha value is -1.38. The average molecular weight is 150 g/mol. The van der Waals surface area contributed by atoms with Crippen molar-refractivity contribution < 1.29 is 4.79 Å². The number of nitrogens with two attached hydrogens (primary N) is 1. The molecule has 0 fully saturated rings. The summed E-state index contributed by atoms with van der Waals surface area (Å²) in [6.45, 7) is 3.33. The monoisotopic (exact) mass is 150 g/mol. The summed E-state index contributed by atoms with van der Waals surface area (Å²) in [6, 6.07) is 1.69. The lowest BCUT2D eigenvalue weighted by Gasteiger charge is -1.99. The predicted octanol–water partition coefficient (Wildman–Crippen LogP) is 1.17. The van der Waals surface area contributed by atoms with E-state index in [-0.39, 0.29) is 5.78 Å². The largest absolute Gasteiger partial charge is 0.397 e. The first kappa shape index (κ1) is 7.72. The summed E-state index contributed by atoms with van der Waals surface area (Å²) in [5.74, 6) is -0.0342. The number of hydrogen-bond acceptors (Lipinski definition) is 3. The van der Waals surface area contributed by atoms with Crippen LogP contribution < -0.4 is 5.73 Å². The van der Waals surface area contributed by atoms with Crippen LogP contribution in [0.5, 0.6) is 0 Å². The minimum atomic E-state index is -0.0342. The Morgan fingerprint density at radius 1 is 1.64 bits per heavy atom. The van der Waals surface area contributed by atoms with E-state index in [0.717, 1.165) is 5.56 Å². The van der Waals surface area contributed by atoms with Crippen LogP contribution in [0.4, 0.5) is 5.69 Å². The second-order valence-corrected chi connectivity index (χ2v) is 2.48. The molecule has 0 amide bonds. The number of nitrogens with zero attached hydrogens (tertiary/aromatic N) is 1. The van der Waals surface area contributed by atoms with E-state index in [1.165, 1.54) is 13.1 Å². The number of Topliss-reactive ketones (excluding diaryl/α,β-unsaturated/α-hetero) is 1. The highest BCUT2D eigenvalue weighted by atomic mass is 16.1. The number of carbonyl (C=O) groups excluding carboxylic acids is 1. The Morgan fingerprint density at radius 3 is 2.73 bits per heavy atom. The number of nitrogen functional groups attached to an aromatic ring is 1. The van der Waals surface area contributed by atoms with Gasteiger partial charge in [-0.25, -0.2) is 0 Å². The van der Waals surface area contributed by atoms with E-state index in [9.17, 15) is 4.79 Å². The van der Waals surface area contributed by atoms with Crippen LogP contribution in [-0.2, 0) is 0 Å². The summed E-state index contributed by atoms with van der Waals surface area (Å²) in [5, 5.41) is 0. The van der Waals surface area contributed by atoms with E-state index >= 15 is 0 Å². The summed E-state index contributed by atoms with van der Waals surface area (Å²) >= 11 is 0. The summed E-state index contributed by atoms with van der Waals surface area (Å²) < 4.78 is 0. The predicted molar refractivity (Wildman–Crippen MR) is 43.4 cm³/mol. The molecule has 0 atom stereocenters. The minimum absolute atomic E-state index is 0.0342. The number of hydrogen-bond donors (Lipinski definition) is 1. The fraction of sp³-hybridized carbons (Fsp3) is 0.250. The highest BCUT2D eigenvalue weighted by molar-refractivity contribution is 5.92. The topological polar surface area (TPSA) is 56.0 Å². The summed E-state index contributed by atoms with van der Waals surface area (Å²) in [5.41, 5.74) is 7.50. The Bertz CT molecular complexity index is 294. The normalized spacial score (nSPS) is 9.64. The molecule has 0 saturated carbocycles. The van der Waals surface area contributed by atoms with Crippen molar-refractivity contribution in [1.29, 1.82) is 0 Å². The van der Waals surface area contributed by atoms with Crippen LogP contribution in [0.2, 0.25) is 0 Å². The molecule has 0 unspecified atom stereocenters. The minimum Gasteiger partial charge on any atom is -0.397 e. The summed E-state index contributed by atoms with van der Waals surface area (Å²) in [7, 11) is 0. The van der Waals surface area contributed by atoms with Gasteiger partial charge in [-0.05, 0) is 18.6 Å². The summed E-state index contributed by atoms with van der Waals surface area (Å²) in [6.07, 6.45) is 1.51. The number of aromatic nitrogens is 1. The molecule has 2 N–H and O–H groups in total. The van der Waals surface area contributed by atoms with Crippen molar-refractivity contribution in [2.24, 2.45) is 0 Å². The van der Waals surface area contributed by atoms with Gasteiger partial charge >= 0.3 is 0 Å². The lowest BCUT2D eigenvalue weighted by molar-refractivity contribution is 0.101. The third kappa shape index (κ3) is 1.55. The van der Waals surface area contributed by atoms with Gasteiger partial charge in [0.2, 0.25) is 0 Å². The SMILES string of the molecule is CC(=O)c1cc(C)c(N)cn1. The molecule has 0 saturated heterocycles. The van der Waals surface area contributed by atoms with Gasteiger partial charge < -0.3 is 5.73 Å². The van der Waals surface area contributed by atoms with E-state index in [2.05, 4.69) is 4.98 Å². The number of pyridine rings is 1. The van der Waals surface area contributed by atoms with E-state index in [0.29, 0.717) is 11.4 Å². The summed E-state index contributed by atoms with van der Waals surface area (Å²) in [4.78, 5) is 14.7. The molecule has 3 heteroatoms. The highest BCUT2D eigenvalue weighted by Crippen LogP contribution is 2.09. The quantitative estimate of drug-likeness (QED) is 0.611. The molecule has 0 bridgehead atoms. The van der Waals surface area contributed by atoms with Gasteiger partial charge in [0.15, 0.2) is 5.78 Å². The van der Waals surface area contributed by atoms with Gasteiger partial charge in [-0.15, -0.1) is 0 Å². The maximum Gasteiger partial charge on any atom is 0.178 e. The second kappa shape index (κ2) is 2.70. The van der Waals surface area contributed by atoms with Crippen LogP contribution >= 0.6 is 0 Å². The maximum absolute atomic E-state index is 10.8. The van der Waals surface area contributed by atoms with Crippen molar-refractivity contribution in [1.82, 2.24) is 4.98 Å². The Balaban J connectivity index is 3.15. The molecular formula is C8H10N2O. The van der Waals surface area contributed by atoms with Crippen LogP contribution in [0.1, 0.15) is 23.0 Å². The fourth-order valence-corrected chi connectivity index (χ4v) is 0.759. The zero-order chi connectivity index (χ0) is 8.43. The first-order valence-corrected chi connectivity index (χ1v) is 3.34.